The zero-order chi connectivity index (χ0) is 16.5. The molecule has 0 bridgehead atoms. The van der Waals surface area contributed by atoms with Crippen LogP contribution in [-0.4, -0.2) is 45.2 Å². The maximum Gasteiger partial charge on any atom is 0.218 e. The van der Waals surface area contributed by atoms with Crippen LogP contribution in [0.15, 0.2) is 24.3 Å². The number of benzene rings is 1. The summed E-state index contributed by atoms with van der Waals surface area (Å²) in [7, 11) is -6.87. The third-order valence-corrected chi connectivity index (χ3v) is 7.75. The summed E-state index contributed by atoms with van der Waals surface area (Å²) in [4.78, 5) is 0. The summed E-state index contributed by atoms with van der Waals surface area (Å²) in [6, 6.07) is 5.40. The molecule has 124 valence electrons. The molecular formula is C14H20FNO4S2. The van der Waals surface area contributed by atoms with Crippen LogP contribution in [0.2, 0.25) is 0 Å². The largest absolute Gasteiger partial charge is 0.228 e. The molecule has 8 heteroatoms. The summed E-state index contributed by atoms with van der Waals surface area (Å²) in [5, 5.41) is -0.628. The third-order valence-electron chi connectivity index (χ3n) is 3.52. The maximum absolute atomic E-state index is 13.1. The van der Waals surface area contributed by atoms with Crippen LogP contribution in [0.5, 0.6) is 0 Å². The molecule has 0 N–H and O–H groups in total. The molecule has 0 aromatic heterocycles. The lowest BCUT2D eigenvalue weighted by molar-refractivity contribution is 0.308. The van der Waals surface area contributed by atoms with Gasteiger partial charge in [-0.05, 0) is 23.6 Å². The summed E-state index contributed by atoms with van der Waals surface area (Å²) in [6.07, 6.45) is 0. The van der Waals surface area contributed by atoms with Crippen LogP contribution in [-0.2, 0) is 25.6 Å². The number of hydrogen-bond donors (Lipinski definition) is 0. The Hall–Kier alpha value is -0.990. The van der Waals surface area contributed by atoms with Crippen molar-refractivity contribution in [1.29, 1.82) is 0 Å². The smallest absolute Gasteiger partial charge is 0.218 e. The highest BCUT2D eigenvalue weighted by atomic mass is 32.2. The molecule has 0 saturated carbocycles. The molecule has 1 aromatic carbocycles. The number of sulfonamides is 1. The standard InChI is InChI=1S/C14H20FNO4S2/c1-11(2)9-21(17,18)14-7-16(8-14)22(19,20)10-12-4-3-5-13(15)6-12/h3-6,11,14H,7-10H2,1-2H3. The molecule has 5 nitrogen and oxygen atoms in total. The highest BCUT2D eigenvalue weighted by Crippen LogP contribution is 2.24. The van der Waals surface area contributed by atoms with Gasteiger partial charge in [0.25, 0.3) is 0 Å². The Morgan fingerprint density at radius 3 is 2.41 bits per heavy atom. The van der Waals surface area contributed by atoms with Crippen LogP contribution in [0.4, 0.5) is 4.39 Å². The van der Waals surface area contributed by atoms with Crippen molar-refractivity contribution in [2.45, 2.75) is 24.9 Å². The Balaban J connectivity index is 2.00. The monoisotopic (exact) mass is 349 g/mol. The minimum absolute atomic E-state index is 0.00724. The van der Waals surface area contributed by atoms with Gasteiger partial charge in [0.15, 0.2) is 9.84 Å². The van der Waals surface area contributed by atoms with Crippen LogP contribution in [0, 0.1) is 11.7 Å². The van der Waals surface area contributed by atoms with Crippen molar-refractivity contribution in [3.05, 3.63) is 35.6 Å². The molecule has 1 aromatic rings. The average molecular weight is 349 g/mol. The second kappa shape index (κ2) is 6.25. The third kappa shape index (κ3) is 4.05. The predicted octanol–water partition coefficient (Wildman–Crippen LogP) is 1.41. The lowest BCUT2D eigenvalue weighted by atomic mass is 10.2. The summed E-state index contributed by atoms with van der Waals surface area (Å²) in [5.74, 6) is -0.728. The first-order valence-corrected chi connectivity index (χ1v) is 10.4. The Kier molecular flexibility index (Phi) is 4.93. The molecule has 0 unspecified atom stereocenters. The van der Waals surface area contributed by atoms with Crippen molar-refractivity contribution >= 4 is 19.9 Å². The van der Waals surface area contributed by atoms with Gasteiger partial charge in [-0.1, -0.05) is 26.0 Å². The number of halogens is 1. The first-order valence-electron chi connectivity index (χ1n) is 7.04. The zero-order valence-corrected chi connectivity index (χ0v) is 14.2. The van der Waals surface area contributed by atoms with Gasteiger partial charge in [0.1, 0.15) is 5.82 Å². The van der Waals surface area contributed by atoms with Crippen molar-refractivity contribution in [1.82, 2.24) is 4.31 Å². The van der Waals surface area contributed by atoms with E-state index in [-0.39, 0.29) is 30.5 Å². The highest BCUT2D eigenvalue weighted by Gasteiger charge is 2.42. The molecule has 2 rings (SSSR count). The van der Waals surface area contributed by atoms with Gasteiger partial charge in [-0.15, -0.1) is 0 Å². The molecule has 0 radical (unpaired) electrons. The van der Waals surface area contributed by atoms with E-state index in [4.69, 9.17) is 0 Å². The quantitative estimate of drug-likeness (QED) is 0.778. The first kappa shape index (κ1) is 17.4. The van der Waals surface area contributed by atoms with Crippen LogP contribution in [0.1, 0.15) is 19.4 Å². The molecule has 0 atom stereocenters. The van der Waals surface area contributed by atoms with E-state index in [1.54, 1.807) is 0 Å². The van der Waals surface area contributed by atoms with E-state index in [1.807, 2.05) is 13.8 Å². The molecule has 1 saturated heterocycles. The van der Waals surface area contributed by atoms with Crippen LogP contribution in [0.25, 0.3) is 0 Å². The molecule has 1 fully saturated rings. The Labute approximate surface area is 131 Å². The Morgan fingerprint density at radius 2 is 1.86 bits per heavy atom. The fourth-order valence-electron chi connectivity index (χ4n) is 2.38. The minimum Gasteiger partial charge on any atom is -0.228 e. The number of nitrogens with zero attached hydrogens (tertiary/aromatic N) is 1. The number of sulfone groups is 1. The van der Waals surface area contributed by atoms with Gasteiger partial charge in [0, 0.05) is 13.1 Å². The van der Waals surface area contributed by atoms with Gasteiger partial charge in [-0.3, -0.25) is 0 Å². The molecule has 0 spiro atoms. The second-order valence-corrected chi connectivity index (χ2v) is 10.3. The summed E-state index contributed by atoms with van der Waals surface area (Å²) < 4.78 is 62.7. The minimum atomic E-state index is -3.61. The van der Waals surface area contributed by atoms with Crippen molar-refractivity contribution in [3.63, 3.8) is 0 Å². The van der Waals surface area contributed by atoms with Crippen molar-refractivity contribution in [3.8, 4) is 0 Å². The Bertz CT molecular complexity index is 738. The Morgan fingerprint density at radius 1 is 1.23 bits per heavy atom. The summed E-state index contributed by atoms with van der Waals surface area (Å²) >= 11 is 0. The molecule has 0 aliphatic carbocycles. The normalized spacial score (nSPS) is 17.6. The molecule has 1 aliphatic rings. The molecule has 0 amide bonds. The number of rotatable bonds is 6. The van der Waals surface area contributed by atoms with Gasteiger partial charge >= 0.3 is 0 Å². The fraction of sp³-hybridized carbons (Fsp3) is 0.571. The first-order chi connectivity index (χ1) is 10.1. The van der Waals surface area contributed by atoms with E-state index in [0.717, 1.165) is 4.31 Å². The van der Waals surface area contributed by atoms with E-state index >= 15 is 0 Å². The average Bonchev–Trinajstić information content (AvgIpc) is 2.22. The molecule has 1 heterocycles. The fourth-order valence-corrected chi connectivity index (χ4v) is 6.19. The second-order valence-electron chi connectivity index (χ2n) is 6.05. The molecular weight excluding hydrogens is 329 g/mol. The number of hydrogen-bond acceptors (Lipinski definition) is 4. The lowest BCUT2D eigenvalue weighted by Crippen LogP contribution is -2.57. The van der Waals surface area contributed by atoms with Crippen LogP contribution >= 0.6 is 0 Å². The maximum atomic E-state index is 13.1. The molecule has 1 aliphatic heterocycles. The van der Waals surface area contributed by atoms with Gasteiger partial charge in [-0.25, -0.2) is 21.2 Å². The van der Waals surface area contributed by atoms with E-state index in [9.17, 15) is 21.2 Å². The van der Waals surface area contributed by atoms with Gasteiger partial charge in [0.2, 0.25) is 10.0 Å². The summed E-state index contributed by atoms with van der Waals surface area (Å²) in [5.41, 5.74) is 0.355. The van der Waals surface area contributed by atoms with Crippen LogP contribution in [0.3, 0.4) is 0 Å². The highest BCUT2D eigenvalue weighted by molar-refractivity contribution is 7.92. The topological polar surface area (TPSA) is 71.5 Å². The van der Waals surface area contributed by atoms with E-state index in [0.29, 0.717) is 5.56 Å². The van der Waals surface area contributed by atoms with E-state index in [2.05, 4.69) is 0 Å². The van der Waals surface area contributed by atoms with E-state index in [1.165, 1.54) is 24.3 Å². The van der Waals surface area contributed by atoms with E-state index < -0.39 is 30.9 Å². The lowest BCUT2D eigenvalue weighted by Gasteiger charge is -2.37. The van der Waals surface area contributed by atoms with Crippen molar-refractivity contribution < 1.29 is 21.2 Å². The van der Waals surface area contributed by atoms with Crippen LogP contribution < -0.4 is 0 Å². The zero-order valence-electron chi connectivity index (χ0n) is 12.6. The van der Waals surface area contributed by atoms with Gasteiger partial charge in [-0.2, -0.15) is 4.31 Å². The van der Waals surface area contributed by atoms with Gasteiger partial charge in [0.05, 0.1) is 16.8 Å². The summed E-state index contributed by atoms with van der Waals surface area (Å²) in [6.45, 7) is 3.61. The molecule has 22 heavy (non-hydrogen) atoms. The van der Waals surface area contributed by atoms with Gasteiger partial charge < -0.3 is 0 Å². The van der Waals surface area contributed by atoms with Crippen molar-refractivity contribution in [2.24, 2.45) is 5.92 Å². The SMILES string of the molecule is CC(C)CS(=O)(=O)C1CN(S(=O)(=O)Cc2cccc(F)c2)C1. The van der Waals surface area contributed by atoms with Crippen molar-refractivity contribution in [2.75, 3.05) is 18.8 Å². The predicted molar refractivity (Wildman–Crippen MR) is 83.0 cm³/mol.